The van der Waals surface area contributed by atoms with Gasteiger partial charge in [-0.2, -0.15) is 0 Å². The molecule has 5 rings (SSSR count). The van der Waals surface area contributed by atoms with Crippen LogP contribution in [0.2, 0.25) is 0 Å². The number of hydrogen-bond donors (Lipinski definition) is 3. The highest BCUT2D eigenvalue weighted by Gasteiger charge is 2.29. The molecule has 1 atom stereocenters. The summed E-state index contributed by atoms with van der Waals surface area (Å²) >= 11 is 3.01. The Bertz CT molecular complexity index is 1300. The van der Waals surface area contributed by atoms with Gasteiger partial charge in [-0.15, -0.1) is 11.3 Å². The van der Waals surface area contributed by atoms with Crippen molar-refractivity contribution in [1.82, 2.24) is 10.3 Å². The fraction of sp³-hybridized carbons (Fsp3) is 0.480. The first-order chi connectivity index (χ1) is 16.7. The van der Waals surface area contributed by atoms with Crippen molar-refractivity contribution < 1.29 is 13.5 Å². The summed E-state index contributed by atoms with van der Waals surface area (Å²) < 4.78 is 27.8. The quantitative estimate of drug-likeness (QED) is 0.394. The molecule has 2 aromatic heterocycles. The molecule has 1 aromatic carbocycles. The number of aliphatic hydroxyl groups is 1. The van der Waals surface area contributed by atoms with Crippen molar-refractivity contribution in [2.24, 2.45) is 4.99 Å². The van der Waals surface area contributed by atoms with Gasteiger partial charge in [-0.25, -0.2) is 8.42 Å². The molecule has 3 aromatic rings. The number of anilines is 1. The van der Waals surface area contributed by atoms with E-state index in [1.165, 1.54) is 15.6 Å². The van der Waals surface area contributed by atoms with Gasteiger partial charge in [0.25, 0.3) is 10.0 Å². The first-order valence-corrected chi connectivity index (χ1v) is 15.2. The Balaban J connectivity index is 1.23. The second-order valence-electron chi connectivity index (χ2n) is 9.73. The number of H-pyrrole nitrogens is 1. The van der Waals surface area contributed by atoms with Crippen LogP contribution in [0.25, 0.3) is 10.9 Å². The second-order valence-corrected chi connectivity index (χ2v) is 14.2. The zero-order chi connectivity index (χ0) is 24.6. The minimum absolute atomic E-state index is 0.328. The molecule has 0 spiro atoms. The van der Waals surface area contributed by atoms with Gasteiger partial charge in [0.15, 0.2) is 0 Å². The van der Waals surface area contributed by atoms with E-state index in [-0.39, 0.29) is 0 Å². The highest BCUT2D eigenvalue weighted by molar-refractivity contribution is 8.15. The van der Waals surface area contributed by atoms with Crippen LogP contribution in [0.15, 0.2) is 51.0 Å². The maximum atomic E-state index is 13.1. The zero-order valence-electron chi connectivity index (χ0n) is 20.0. The number of thiophene rings is 1. The van der Waals surface area contributed by atoms with Crippen LogP contribution in [0.4, 0.5) is 5.69 Å². The maximum absolute atomic E-state index is 13.1. The van der Waals surface area contributed by atoms with Crippen molar-refractivity contribution in [2.75, 3.05) is 24.4 Å². The van der Waals surface area contributed by atoms with E-state index in [1.807, 2.05) is 25.1 Å². The molecule has 0 radical (unpaired) electrons. The molecule has 35 heavy (non-hydrogen) atoms. The van der Waals surface area contributed by atoms with E-state index in [9.17, 15) is 13.5 Å². The van der Waals surface area contributed by atoms with Crippen LogP contribution in [0.1, 0.15) is 44.7 Å². The van der Waals surface area contributed by atoms with Gasteiger partial charge in [0.2, 0.25) is 0 Å². The van der Waals surface area contributed by atoms with Gasteiger partial charge in [-0.05, 0) is 69.2 Å². The number of hydrogen-bond acceptors (Lipinski definition) is 7. The van der Waals surface area contributed by atoms with Crippen molar-refractivity contribution in [3.63, 3.8) is 0 Å². The number of sulfonamides is 1. The molecule has 2 aliphatic rings. The highest BCUT2D eigenvalue weighted by atomic mass is 32.2. The third-order valence-corrected chi connectivity index (χ3v) is 11.4. The number of para-hydroxylation sites is 1. The molecule has 1 fully saturated rings. The van der Waals surface area contributed by atoms with Crippen molar-refractivity contribution >= 4 is 54.8 Å². The molecule has 1 saturated carbocycles. The monoisotopic (exact) mass is 532 g/mol. The maximum Gasteiger partial charge on any atom is 0.273 e. The van der Waals surface area contributed by atoms with Crippen molar-refractivity contribution in [2.45, 2.75) is 60.1 Å². The summed E-state index contributed by atoms with van der Waals surface area (Å²) in [5.74, 6) is 0. The van der Waals surface area contributed by atoms with Crippen LogP contribution in [-0.2, 0) is 10.0 Å². The van der Waals surface area contributed by atoms with E-state index in [2.05, 4.69) is 16.4 Å². The second kappa shape index (κ2) is 9.89. The number of aromatic nitrogens is 1. The Labute approximate surface area is 215 Å². The lowest BCUT2D eigenvalue weighted by Gasteiger charge is -2.33. The molecule has 1 aliphatic heterocycles. The van der Waals surface area contributed by atoms with Gasteiger partial charge >= 0.3 is 0 Å². The van der Waals surface area contributed by atoms with E-state index in [0.29, 0.717) is 21.2 Å². The predicted molar refractivity (Wildman–Crippen MR) is 146 cm³/mol. The number of benzene rings is 1. The van der Waals surface area contributed by atoms with E-state index >= 15 is 0 Å². The first-order valence-electron chi connectivity index (χ1n) is 12.0. The van der Waals surface area contributed by atoms with Gasteiger partial charge in [-0.1, -0.05) is 30.0 Å². The molecule has 3 heterocycles. The van der Waals surface area contributed by atoms with Crippen molar-refractivity contribution in [3.05, 3.63) is 47.5 Å². The van der Waals surface area contributed by atoms with Gasteiger partial charge in [0.05, 0.1) is 29.0 Å². The van der Waals surface area contributed by atoms with Gasteiger partial charge in [0.1, 0.15) is 9.25 Å². The molecule has 0 bridgehead atoms. The summed E-state index contributed by atoms with van der Waals surface area (Å²) in [5, 5.41) is 17.9. The topological polar surface area (TPSA) is 97.8 Å². The number of aromatic amines is 1. The molecule has 1 unspecified atom stereocenters. The van der Waals surface area contributed by atoms with Crippen LogP contribution in [0, 0.1) is 0 Å². The standard InChI is InChI=1S/C25H32N4O3S3/c1-25(30)11-8-18(9-12-25)26-13-10-19-16-27-24(34-19)20-15-17-5-3-6-21(23(17)28-20)29(2)35(31,32)22-7-4-14-33-22/h3-7,14-15,18-19,26,28,30H,8-13,16H2,1-2H3/t18-,19?,25-. The number of rotatable bonds is 8. The number of nitrogens with zero attached hydrogens (tertiary/aromatic N) is 2. The van der Waals surface area contributed by atoms with Crippen LogP contribution in [0.5, 0.6) is 0 Å². The van der Waals surface area contributed by atoms with Gasteiger partial charge < -0.3 is 15.4 Å². The molecule has 1 aliphatic carbocycles. The molecular formula is C25H32N4O3S3. The first kappa shape index (κ1) is 24.8. The normalized spacial score (nSPS) is 25.2. The van der Waals surface area contributed by atoms with Crippen LogP contribution in [-0.4, -0.2) is 60.6 Å². The SMILES string of the molecule is CN(c1cccc2cc(C3=NCC(CCN[C@H]4CC[C@](C)(O)CC4)S3)[nH]c12)S(=O)(=O)c1cccs1. The molecule has 7 nitrogen and oxygen atoms in total. The minimum Gasteiger partial charge on any atom is -0.390 e. The average molecular weight is 533 g/mol. The van der Waals surface area contributed by atoms with Crippen molar-refractivity contribution in [3.8, 4) is 0 Å². The molecule has 3 N–H and O–H groups in total. The third kappa shape index (κ3) is 5.32. The van der Waals surface area contributed by atoms with Gasteiger partial charge in [-0.3, -0.25) is 9.30 Å². The molecule has 0 amide bonds. The Morgan fingerprint density at radius 2 is 2.06 bits per heavy atom. The number of thioether (sulfide) groups is 1. The lowest BCUT2D eigenvalue weighted by atomic mass is 9.83. The smallest absolute Gasteiger partial charge is 0.273 e. The Morgan fingerprint density at radius 1 is 1.26 bits per heavy atom. The summed E-state index contributed by atoms with van der Waals surface area (Å²) in [5.41, 5.74) is 1.86. The lowest BCUT2D eigenvalue weighted by Crippen LogP contribution is -2.40. The Kier molecular flexibility index (Phi) is 7.02. The highest BCUT2D eigenvalue weighted by Crippen LogP contribution is 2.34. The molecule has 10 heteroatoms. The summed E-state index contributed by atoms with van der Waals surface area (Å²) in [4.78, 5) is 8.24. The van der Waals surface area contributed by atoms with Crippen LogP contribution in [0.3, 0.4) is 0 Å². The Morgan fingerprint density at radius 3 is 2.80 bits per heavy atom. The van der Waals surface area contributed by atoms with Crippen LogP contribution < -0.4 is 9.62 Å². The van der Waals surface area contributed by atoms with E-state index in [4.69, 9.17) is 4.99 Å². The van der Waals surface area contributed by atoms with E-state index in [1.54, 1.807) is 36.3 Å². The fourth-order valence-corrected chi connectivity index (χ4v) is 8.26. The van der Waals surface area contributed by atoms with Crippen molar-refractivity contribution in [1.29, 1.82) is 0 Å². The Hall–Kier alpha value is -1.85. The lowest BCUT2D eigenvalue weighted by molar-refractivity contribution is 0.0142. The molecular weight excluding hydrogens is 501 g/mol. The third-order valence-electron chi connectivity index (χ3n) is 6.99. The van der Waals surface area contributed by atoms with Crippen LogP contribution >= 0.6 is 23.1 Å². The largest absolute Gasteiger partial charge is 0.390 e. The molecule has 188 valence electrons. The van der Waals surface area contributed by atoms with E-state index in [0.717, 1.165) is 66.8 Å². The zero-order valence-corrected chi connectivity index (χ0v) is 22.5. The minimum atomic E-state index is -3.61. The molecule has 0 saturated heterocycles. The summed E-state index contributed by atoms with van der Waals surface area (Å²) in [6.07, 6.45) is 4.82. The summed E-state index contributed by atoms with van der Waals surface area (Å²) in [7, 11) is -2.01. The fourth-order valence-electron chi connectivity index (χ4n) is 4.80. The summed E-state index contributed by atoms with van der Waals surface area (Å²) in [6.45, 7) is 3.68. The average Bonchev–Trinajstić information content (AvgIpc) is 3.59. The van der Waals surface area contributed by atoms with Gasteiger partial charge in [0, 0.05) is 23.7 Å². The number of fused-ring (bicyclic) bond motifs is 1. The number of nitrogens with one attached hydrogen (secondary N) is 2. The summed E-state index contributed by atoms with van der Waals surface area (Å²) in [6, 6.07) is 11.7. The predicted octanol–water partition coefficient (Wildman–Crippen LogP) is 4.59. The number of aliphatic imine (C=N–C) groups is 1. The van der Waals surface area contributed by atoms with E-state index < -0.39 is 15.6 Å².